The molecular weight excluding hydrogens is 314 g/mol. The van der Waals surface area contributed by atoms with E-state index in [0.717, 1.165) is 38.2 Å². The standard InChI is InChI=1S/C17H26ClN3O2/c1-4-11-23-15-6-5-13(12-14(15)18)16(17(22)20(2)3)21-9-7-19-8-10-21/h5-6,12,16,19H,4,7-11H2,1-3H3. The molecule has 1 aliphatic heterocycles. The fourth-order valence-electron chi connectivity index (χ4n) is 2.71. The number of rotatable bonds is 6. The molecule has 23 heavy (non-hydrogen) atoms. The predicted molar refractivity (Wildman–Crippen MR) is 93.1 cm³/mol. The van der Waals surface area contributed by atoms with E-state index >= 15 is 0 Å². The molecule has 1 N–H and O–H groups in total. The lowest BCUT2D eigenvalue weighted by Gasteiger charge is -2.35. The molecule has 1 atom stereocenters. The van der Waals surface area contributed by atoms with Crippen molar-refractivity contribution in [3.05, 3.63) is 28.8 Å². The Labute approximate surface area is 143 Å². The molecule has 0 radical (unpaired) electrons. The summed E-state index contributed by atoms with van der Waals surface area (Å²) in [5.41, 5.74) is 0.916. The number of amides is 1. The second-order valence-electron chi connectivity index (χ2n) is 5.96. The molecular formula is C17H26ClN3O2. The van der Waals surface area contributed by atoms with Gasteiger partial charge in [0, 0.05) is 40.3 Å². The fourth-order valence-corrected chi connectivity index (χ4v) is 2.95. The van der Waals surface area contributed by atoms with Crippen LogP contribution in [0.25, 0.3) is 0 Å². The number of carbonyl (C=O) groups is 1. The maximum Gasteiger partial charge on any atom is 0.244 e. The monoisotopic (exact) mass is 339 g/mol. The highest BCUT2D eigenvalue weighted by molar-refractivity contribution is 6.32. The molecule has 1 heterocycles. The Balaban J connectivity index is 2.27. The first-order valence-corrected chi connectivity index (χ1v) is 8.50. The van der Waals surface area contributed by atoms with Crippen molar-refractivity contribution in [2.75, 3.05) is 46.9 Å². The summed E-state index contributed by atoms with van der Waals surface area (Å²) < 4.78 is 5.62. The number of nitrogens with zero attached hydrogens (tertiary/aromatic N) is 2. The zero-order chi connectivity index (χ0) is 16.8. The molecule has 0 aliphatic carbocycles. The minimum atomic E-state index is -0.301. The van der Waals surface area contributed by atoms with Crippen LogP contribution < -0.4 is 10.1 Å². The number of benzene rings is 1. The molecule has 0 aromatic heterocycles. The van der Waals surface area contributed by atoms with Crippen molar-refractivity contribution < 1.29 is 9.53 Å². The quantitative estimate of drug-likeness (QED) is 0.862. The van der Waals surface area contributed by atoms with E-state index in [-0.39, 0.29) is 11.9 Å². The number of hydrogen-bond donors (Lipinski definition) is 1. The van der Waals surface area contributed by atoms with Crippen LogP contribution in [0, 0.1) is 0 Å². The number of piperazine rings is 1. The van der Waals surface area contributed by atoms with Crippen molar-refractivity contribution in [1.29, 1.82) is 0 Å². The van der Waals surface area contributed by atoms with Crippen molar-refractivity contribution in [2.24, 2.45) is 0 Å². The molecule has 0 bridgehead atoms. The van der Waals surface area contributed by atoms with E-state index in [2.05, 4.69) is 17.1 Å². The lowest BCUT2D eigenvalue weighted by Crippen LogP contribution is -2.49. The topological polar surface area (TPSA) is 44.8 Å². The summed E-state index contributed by atoms with van der Waals surface area (Å²) in [4.78, 5) is 16.5. The van der Waals surface area contributed by atoms with Crippen molar-refractivity contribution in [1.82, 2.24) is 15.1 Å². The number of nitrogens with one attached hydrogen (secondary N) is 1. The average Bonchev–Trinajstić information content (AvgIpc) is 2.55. The van der Waals surface area contributed by atoms with E-state index in [0.29, 0.717) is 17.4 Å². The Kier molecular flexibility index (Phi) is 6.69. The summed E-state index contributed by atoms with van der Waals surface area (Å²) in [6.45, 7) is 6.16. The van der Waals surface area contributed by atoms with Crippen LogP contribution in [-0.4, -0.2) is 62.6 Å². The molecule has 5 nitrogen and oxygen atoms in total. The van der Waals surface area contributed by atoms with Gasteiger partial charge >= 0.3 is 0 Å². The lowest BCUT2D eigenvalue weighted by molar-refractivity contribution is -0.135. The summed E-state index contributed by atoms with van der Waals surface area (Å²) in [6, 6.07) is 5.38. The zero-order valence-electron chi connectivity index (χ0n) is 14.1. The molecule has 128 valence electrons. The maximum absolute atomic E-state index is 12.7. The van der Waals surface area contributed by atoms with Crippen LogP contribution >= 0.6 is 11.6 Å². The van der Waals surface area contributed by atoms with Gasteiger partial charge in [0.15, 0.2) is 0 Å². The first-order valence-electron chi connectivity index (χ1n) is 8.12. The molecule has 6 heteroatoms. The van der Waals surface area contributed by atoms with Crippen molar-refractivity contribution in [3.8, 4) is 5.75 Å². The third-order valence-corrected chi connectivity index (χ3v) is 4.22. The van der Waals surface area contributed by atoms with Crippen LogP contribution in [0.2, 0.25) is 5.02 Å². The summed E-state index contributed by atoms with van der Waals surface area (Å²) in [5.74, 6) is 0.749. The van der Waals surface area contributed by atoms with E-state index in [4.69, 9.17) is 16.3 Å². The Hall–Kier alpha value is -1.30. The summed E-state index contributed by atoms with van der Waals surface area (Å²) in [7, 11) is 3.58. The highest BCUT2D eigenvalue weighted by Gasteiger charge is 2.30. The van der Waals surface area contributed by atoms with Gasteiger partial charge in [-0.2, -0.15) is 0 Å². The molecule has 1 unspecified atom stereocenters. The molecule has 2 rings (SSSR count). The maximum atomic E-state index is 12.7. The van der Waals surface area contributed by atoms with Crippen LogP contribution in [0.3, 0.4) is 0 Å². The van der Waals surface area contributed by atoms with Gasteiger partial charge in [-0.3, -0.25) is 9.69 Å². The first-order chi connectivity index (χ1) is 11.0. The largest absolute Gasteiger partial charge is 0.492 e. The fraction of sp³-hybridized carbons (Fsp3) is 0.588. The normalized spacial score (nSPS) is 16.9. The zero-order valence-corrected chi connectivity index (χ0v) is 14.9. The van der Waals surface area contributed by atoms with Gasteiger partial charge in [0.25, 0.3) is 0 Å². The van der Waals surface area contributed by atoms with Crippen molar-refractivity contribution >= 4 is 17.5 Å². The molecule has 1 aromatic carbocycles. The Morgan fingerprint density at radius 1 is 1.39 bits per heavy atom. The molecule has 0 saturated carbocycles. The second kappa shape index (κ2) is 8.52. The highest BCUT2D eigenvalue weighted by Crippen LogP contribution is 2.31. The van der Waals surface area contributed by atoms with Crippen molar-refractivity contribution in [3.63, 3.8) is 0 Å². The van der Waals surface area contributed by atoms with Gasteiger partial charge < -0.3 is 15.0 Å². The Morgan fingerprint density at radius 2 is 2.09 bits per heavy atom. The SMILES string of the molecule is CCCOc1ccc(C(C(=O)N(C)C)N2CCNCC2)cc1Cl. The minimum Gasteiger partial charge on any atom is -0.492 e. The summed E-state index contributed by atoms with van der Waals surface area (Å²) in [6.07, 6.45) is 0.931. The van der Waals surface area contributed by atoms with E-state index < -0.39 is 0 Å². The number of likely N-dealkylation sites (N-methyl/N-ethyl adjacent to an activating group) is 1. The van der Waals surface area contributed by atoms with Gasteiger partial charge in [0.05, 0.1) is 11.6 Å². The average molecular weight is 340 g/mol. The van der Waals surface area contributed by atoms with Crippen molar-refractivity contribution in [2.45, 2.75) is 19.4 Å². The lowest BCUT2D eigenvalue weighted by atomic mass is 10.0. The Morgan fingerprint density at radius 3 is 2.65 bits per heavy atom. The molecule has 1 saturated heterocycles. The molecule has 1 aliphatic rings. The van der Waals surface area contributed by atoms with Crippen LogP contribution in [0.5, 0.6) is 5.75 Å². The molecule has 1 amide bonds. The van der Waals surface area contributed by atoms with Gasteiger partial charge in [-0.25, -0.2) is 0 Å². The minimum absolute atomic E-state index is 0.0743. The van der Waals surface area contributed by atoms with Crippen LogP contribution in [0.4, 0.5) is 0 Å². The molecule has 1 aromatic rings. The van der Waals surface area contributed by atoms with Crippen LogP contribution in [0.1, 0.15) is 24.9 Å². The van der Waals surface area contributed by atoms with Gasteiger partial charge in [0.1, 0.15) is 11.8 Å². The van der Waals surface area contributed by atoms with Gasteiger partial charge in [-0.1, -0.05) is 24.6 Å². The summed E-state index contributed by atoms with van der Waals surface area (Å²) >= 11 is 6.35. The first kappa shape index (κ1) is 18.0. The van der Waals surface area contributed by atoms with E-state index in [9.17, 15) is 4.79 Å². The van der Waals surface area contributed by atoms with E-state index in [1.807, 2.05) is 18.2 Å². The number of ether oxygens (including phenoxy) is 1. The van der Waals surface area contributed by atoms with Crippen LogP contribution in [-0.2, 0) is 4.79 Å². The van der Waals surface area contributed by atoms with Gasteiger partial charge in [-0.05, 0) is 24.1 Å². The van der Waals surface area contributed by atoms with Crippen LogP contribution in [0.15, 0.2) is 18.2 Å². The third-order valence-electron chi connectivity index (χ3n) is 3.92. The number of carbonyl (C=O) groups excluding carboxylic acids is 1. The number of hydrogen-bond acceptors (Lipinski definition) is 4. The smallest absolute Gasteiger partial charge is 0.244 e. The van der Waals surface area contributed by atoms with Gasteiger partial charge in [-0.15, -0.1) is 0 Å². The van der Waals surface area contributed by atoms with E-state index in [1.54, 1.807) is 19.0 Å². The second-order valence-corrected chi connectivity index (χ2v) is 6.37. The summed E-state index contributed by atoms with van der Waals surface area (Å²) in [5, 5.41) is 3.88. The number of halogens is 1. The molecule has 0 spiro atoms. The molecule has 1 fully saturated rings. The van der Waals surface area contributed by atoms with Gasteiger partial charge in [0.2, 0.25) is 5.91 Å². The van der Waals surface area contributed by atoms with E-state index in [1.165, 1.54) is 0 Å². The highest BCUT2D eigenvalue weighted by atomic mass is 35.5. The third kappa shape index (κ3) is 4.59. The predicted octanol–water partition coefficient (Wildman–Crippen LogP) is 2.16. The Bertz CT molecular complexity index is 531.